The van der Waals surface area contributed by atoms with E-state index in [0.717, 1.165) is 12.8 Å². The summed E-state index contributed by atoms with van der Waals surface area (Å²) in [5.74, 6) is 1.07. The van der Waals surface area contributed by atoms with Crippen molar-refractivity contribution in [2.45, 2.75) is 19.8 Å². The zero-order chi connectivity index (χ0) is 11.4. The van der Waals surface area contributed by atoms with Crippen LogP contribution in [0.2, 0.25) is 0 Å². The van der Waals surface area contributed by atoms with Gasteiger partial charge in [-0.05, 0) is 45.7 Å². The number of amides is 1. The number of likely N-dealkylation sites (N-methyl/N-ethyl adjacent to an activating group) is 1. The number of rotatable bonds is 4. The van der Waals surface area contributed by atoms with Gasteiger partial charge in [0, 0.05) is 6.21 Å². The van der Waals surface area contributed by atoms with E-state index in [1.807, 2.05) is 25.2 Å². The lowest BCUT2D eigenvalue weighted by Crippen LogP contribution is -2.26. The first-order valence-corrected chi connectivity index (χ1v) is 5.36. The summed E-state index contributed by atoms with van der Waals surface area (Å²) < 4.78 is 0. The molecule has 1 fully saturated rings. The average molecular weight is 208 g/mol. The van der Waals surface area contributed by atoms with Gasteiger partial charge in [0.15, 0.2) is 0 Å². The van der Waals surface area contributed by atoms with Gasteiger partial charge in [-0.2, -0.15) is 0 Å². The maximum absolute atomic E-state index is 11.3. The van der Waals surface area contributed by atoms with Crippen LogP contribution in [-0.4, -0.2) is 37.7 Å². The molecule has 0 aromatic rings. The molecule has 0 atom stereocenters. The fourth-order valence-electron chi connectivity index (χ4n) is 1.69. The minimum absolute atomic E-state index is 0.0567. The van der Waals surface area contributed by atoms with E-state index in [2.05, 4.69) is 18.5 Å². The fraction of sp³-hybridized carbons (Fsp3) is 0.667. The molecule has 1 rings (SSSR count). The van der Waals surface area contributed by atoms with Crippen LogP contribution < -0.4 is 0 Å². The van der Waals surface area contributed by atoms with Gasteiger partial charge in [0.05, 0.1) is 6.54 Å². The lowest BCUT2D eigenvalue weighted by molar-refractivity contribution is -0.118. The zero-order valence-electron chi connectivity index (χ0n) is 9.86. The Balaban J connectivity index is 2.24. The molecule has 3 heteroatoms. The highest BCUT2D eigenvalue weighted by molar-refractivity contribution is 5.87. The number of aliphatic imine (C=N–C) groups is 1. The Morgan fingerprint density at radius 3 is 2.60 bits per heavy atom. The highest BCUT2D eigenvalue weighted by Crippen LogP contribution is 2.36. The van der Waals surface area contributed by atoms with Crippen molar-refractivity contribution in [1.29, 1.82) is 0 Å². The van der Waals surface area contributed by atoms with Gasteiger partial charge in [-0.1, -0.05) is 12.2 Å². The van der Waals surface area contributed by atoms with Crippen LogP contribution in [-0.2, 0) is 4.79 Å². The van der Waals surface area contributed by atoms with Gasteiger partial charge in [0.2, 0.25) is 0 Å². The van der Waals surface area contributed by atoms with Gasteiger partial charge < -0.3 is 4.90 Å². The Morgan fingerprint density at radius 1 is 1.53 bits per heavy atom. The zero-order valence-corrected chi connectivity index (χ0v) is 9.86. The third-order valence-electron chi connectivity index (χ3n) is 2.75. The van der Waals surface area contributed by atoms with Gasteiger partial charge in [0.1, 0.15) is 0 Å². The molecule has 15 heavy (non-hydrogen) atoms. The highest BCUT2D eigenvalue weighted by atomic mass is 16.1. The largest absolute Gasteiger partial charge is 0.301 e. The first-order valence-electron chi connectivity index (χ1n) is 5.36. The molecular formula is C12H20N2O. The van der Waals surface area contributed by atoms with E-state index in [9.17, 15) is 4.79 Å². The maximum atomic E-state index is 11.3. The van der Waals surface area contributed by atoms with Crippen LogP contribution in [0.15, 0.2) is 17.1 Å². The van der Waals surface area contributed by atoms with Crippen molar-refractivity contribution in [2.24, 2.45) is 16.8 Å². The van der Waals surface area contributed by atoms with Crippen LogP contribution >= 0.6 is 0 Å². The van der Waals surface area contributed by atoms with E-state index in [0.29, 0.717) is 18.4 Å². The monoisotopic (exact) mass is 208 g/mol. The summed E-state index contributed by atoms with van der Waals surface area (Å²) in [6.45, 7) is 6.39. The molecule has 0 aromatic carbocycles. The Morgan fingerprint density at radius 2 is 2.13 bits per heavy atom. The Hall–Kier alpha value is -0.960. The maximum Gasteiger partial charge on any atom is 0.259 e. The molecule has 0 bridgehead atoms. The van der Waals surface area contributed by atoms with Gasteiger partial charge >= 0.3 is 0 Å². The predicted octanol–water partition coefficient (Wildman–Crippen LogP) is 1.75. The second-order valence-electron chi connectivity index (χ2n) is 4.68. The highest BCUT2D eigenvalue weighted by Gasteiger charge is 2.27. The van der Waals surface area contributed by atoms with Crippen molar-refractivity contribution < 1.29 is 4.79 Å². The summed E-state index contributed by atoms with van der Waals surface area (Å²) in [7, 11) is 3.74. The molecule has 0 heterocycles. The van der Waals surface area contributed by atoms with E-state index in [-0.39, 0.29) is 5.91 Å². The SMILES string of the molecule is C=C(C)C1CC(C=NC(=O)CN(C)C)C1. The van der Waals surface area contributed by atoms with Gasteiger partial charge in [-0.3, -0.25) is 4.79 Å². The molecule has 1 amide bonds. The van der Waals surface area contributed by atoms with Crippen molar-refractivity contribution in [3.05, 3.63) is 12.2 Å². The van der Waals surface area contributed by atoms with Crippen LogP contribution in [0.25, 0.3) is 0 Å². The minimum Gasteiger partial charge on any atom is -0.301 e. The molecule has 0 radical (unpaired) electrons. The third kappa shape index (κ3) is 3.96. The quantitative estimate of drug-likeness (QED) is 0.521. The van der Waals surface area contributed by atoms with E-state index < -0.39 is 0 Å². The van der Waals surface area contributed by atoms with Crippen LogP contribution in [0.3, 0.4) is 0 Å². The summed E-state index contributed by atoms with van der Waals surface area (Å²) >= 11 is 0. The van der Waals surface area contributed by atoms with Crippen LogP contribution in [0, 0.1) is 11.8 Å². The molecule has 1 saturated carbocycles. The Labute approximate surface area is 91.9 Å². The smallest absolute Gasteiger partial charge is 0.259 e. The van der Waals surface area contributed by atoms with Crippen molar-refractivity contribution in [1.82, 2.24) is 4.90 Å². The molecule has 1 aliphatic carbocycles. The number of hydrogen-bond donors (Lipinski definition) is 0. The standard InChI is InChI=1S/C12H20N2O/c1-9(2)11-5-10(6-11)7-13-12(15)8-14(3)4/h7,10-11H,1,5-6,8H2,2-4H3. The molecule has 0 spiro atoms. The van der Waals surface area contributed by atoms with Crippen molar-refractivity contribution in [3.8, 4) is 0 Å². The summed E-state index contributed by atoms with van der Waals surface area (Å²) in [6.07, 6.45) is 4.02. The van der Waals surface area contributed by atoms with E-state index >= 15 is 0 Å². The molecule has 0 N–H and O–H groups in total. The topological polar surface area (TPSA) is 32.7 Å². The predicted molar refractivity (Wildman–Crippen MR) is 63.1 cm³/mol. The molecule has 0 unspecified atom stereocenters. The molecule has 3 nitrogen and oxygen atoms in total. The van der Waals surface area contributed by atoms with Crippen molar-refractivity contribution >= 4 is 12.1 Å². The number of allylic oxidation sites excluding steroid dienone is 1. The second kappa shape index (κ2) is 5.21. The molecular weight excluding hydrogens is 188 g/mol. The average Bonchev–Trinajstić information content (AvgIpc) is 1.98. The fourth-order valence-corrected chi connectivity index (χ4v) is 1.69. The van der Waals surface area contributed by atoms with Gasteiger partial charge in [0.25, 0.3) is 5.91 Å². The second-order valence-corrected chi connectivity index (χ2v) is 4.68. The van der Waals surface area contributed by atoms with Crippen LogP contribution in [0.1, 0.15) is 19.8 Å². The summed E-state index contributed by atoms with van der Waals surface area (Å²) in [5, 5.41) is 0. The van der Waals surface area contributed by atoms with E-state index in [1.165, 1.54) is 5.57 Å². The molecule has 84 valence electrons. The summed E-state index contributed by atoms with van der Waals surface area (Å²) in [6, 6.07) is 0. The summed E-state index contributed by atoms with van der Waals surface area (Å²) in [5.41, 5.74) is 1.25. The van der Waals surface area contributed by atoms with Gasteiger partial charge in [-0.25, -0.2) is 4.99 Å². The normalized spacial score (nSPS) is 25.6. The van der Waals surface area contributed by atoms with Crippen molar-refractivity contribution in [3.63, 3.8) is 0 Å². The Bertz CT molecular complexity index is 275. The third-order valence-corrected chi connectivity index (χ3v) is 2.75. The number of carbonyl (C=O) groups is 1. The molecule has 0 saturated heterocycles. The van der Waals surface area contributed by atoms with Crippen LogP contribution in [0.4, 0.5) is 0 Å². The lowest BCUT2D eigenvalue weighted by Gasteiger charge is -2.33. The van der Waals surface area contributed by atoms with Crippen LogP contribution in [0.5, 0.6) is 0 Å². The first kappa shape index (κ1) is 12.1. The van der Waals surface area contributed by atoms with Gasteiger partial charge in [-0.15, -0.1) is 0 Å². The first-order chi connectivity index (χ1) is 6.99. The Kier molecular flexibility index (Phi) is 4.21. The van der Waals surface area contributed by atoms with Crippen molar-refractivity contribution in [2.75, 3.05) is 20.6 Å². The lowest BCUT2D eigenvalue weighted by atomic mass is 9.72. The molecule has 1 aliphatic rings. The number of nitrogens with zero attached hydrogens (tertiary/aromatic N) is 2. The molecule has 0 aliphatic heterocycles. The van der Waals surface area contributed by atoms with E-state index in [1.54, 1.807) is 0 Å². The van der Waals surface area contributed by atoms with E-state index in [4.69, 9.17) is 0 Å². The number of carbonyl (C=O) groups excluding carboxylic acids is 1. The summed E-state index contributed by atoms with van der Waals surface area (Å²) in [4.78, 5) is 17.0. The number of hydrogen-bond acceptors (Lipinski definition) is 2. The minimum atomic E-state index is -0.0567. The molecule has 0 aromatic heterocycles.